The van der Waals surface area contributed by atoms with E-state index in [0.717, 1.165) is 32.7 Å². The van der Waals surface area contributed by atoms with E-state index in [-0.39, 0.29) is 17.1 Å². The molecule has 2 heterocycles. The van der Waals surface area contributed by atoms with E-state index in [1.807, 2.05) is 4.90 Å². The number of nitrogens with one attached hydrogen (secondary N) is 2. The summed E-state index contributed by atoms with van der Waals surface area (Å²) in [4.78, 5) is 28.2. The van der Waals surface area contributed by atoms with E-state index < -0.39 is 0 Å². The fourth-order valence-electron chi connectivity index (χ4n) is 3.34. The molecule has 156 valence electrons. The highest BCUT2D eigenvalue weighted by Gasteiger charge is 2.25. The molecule has 7 nitrogen and oxygen atoms in total. The first-order valence-corrected chi connectivity index (χ1v) is 11.0. The number of aromatic nitrogens is 1. The molecule has 0 aliphatic carbocycles. The second-order valence-electron chi connectivity index (χ2n) is 7.50. The first kappa shape index (κ1) is 21.4. The van der Waals surface area contributed by atoms with Crippen molar-refractivity contribution in [3.8, 4) is 0 Å². The van der Waals surface area contributed by atoms with Crippen LogP contribution >= 0.6 is 11.8 Å². The Morgan fingerprint density at radius 1 is 1.28 bits per heavy atom. The number of carbonyl (C=O) groups is 2. The van der Waals surface area contributed by atoms with E-state index >= 15 is 0 Å². The van der Waals surface area contributed by atoms with Crippen molar-refractivity contribution in [2.45, 2.75) is 32.6 Å². The topological polar surface area (TPSA) is 79.9 Å². The van der Waals surface area contributed by atoms with E-state index in [2.05, 4.69) is 41.7 Å². The van der Waals surface area contributed by atoms with Gasteiger partial charge < -0.3 is 19.6 Å². The number of piperazine rings is 1. The predicted molar refractivity (Wildman–Crippen MR) is 114 cm³/mol. The van der Waals surface area contributed by atoms with Crippen LogP contribution in [-0.2, 0) is 16.1 Å². The number of benzene rings is 1. The Balaban J connectivity index is 1.39. The second kappa shape index (κ2) is 9.93. The maximum absolute atomic E-state index is 12.5. The van der Waals surface area contributed by atoms with Crippen LogP contribution in [0.2, 0.25) is 0 Å². The van der Waals surface area contributed by atoms with E-state index in [0.29, 0.717) is 17.3 Å². The van der Waals surface area contributed by atoms with Crippen molar-refractivity contribution in [1.82, 2.24) is 10.1 Å². The number of rotatable bonds is 7. The third kappa shape index (κ3) is 6.08. The van der Waals surface area contributed by atoms with E-state index in [1.165, 1.54) is 27.8 Å². The van der Waals surface area contributed by atoms with E-state index in [1.54, 1.807) is 19.9 Å². The number of nitrogens with zero attached hydrogens (tertiary/aromatic N) is 2. The Labute approximate surface area is 175 Å². The molecule has 0 bridgehead atoms. The third-order valence-corrected chi connectivity index (χ3v) is 6.36. The van der Waals surface area contributed by atoms with Crippen molar-refractivity contribution in [2.75, 3.05) is 37.2 Å². The van der Waals surface area contributed by atoms with Gasteiger partial charge in [0.05, 0.1) is 37.2 Å². The van der Waals surface area contributed by atoms with Crippen LogP contribution in [0.15, 0.2) is 34.9 Å². The van der Waals surface area contributed by atoms with Gasteiger partial charge in [-0.2, -0.15) is 0 Å². The van der Waals surface area contributed by atoms with Crippen molar-refractivity contribution in [3.63, 3.8) is 0 Å². The normalized spacial score (nSPS) is 15.9. The number of hydrogen-bond donors (Lipinski definition) is 2. The summed E-state index contributed by atoms with van der Waals surface area (Å²) in [7, 11) is 0. The summed E-state index contributed by atoms with van der Waals surface area (Å²) in [5, 5.41) is 6.12. The number of quaternary nitrogens is 1. The first-order chi connectivity index (χ1) is 13.9. The molecule has 1 aliphatic rings. The molecule has 8 heteroatoms. The van der Waals surface area contributed by atoms with Crippen molar-refractivity contribution in [1.29, 1.82) is 0 Å². The molecule has 1 aliphatic heterocycles. The first-order valence-electron chi connectivity index (χ1n) is 9.94. The number of thioether (sulfide) groups is 1. The Morgan fingerprint density at radius 2 is 2.00 bits per heavy atom. The zero-order valence-electron chi connectivity index (χ0n) is 17.2. The third-order valence-electron chi connectivity index (χ3n) is 5.23. The monoisotopic (exact) mass is 417 g/mol. The van der Waals surface area contributed by atoms with Crippen molar-refractivity contribution in [2.24, 2.45) is 0 Å². The van der Waals surface area contributed by atoms with Gasteiger partial charge in [-0.15, -0.1) is 11.8 Å². The highest BCUT2D eigenvalue weighted by atomic mass is 32.2. The van der Waals surface area contributed by atoms with Gasteiger partial charge in [-0.25, -0.2) is 0 Å². The van der Waals surface area contributed by atoms with E-state index in [4.69, 9.17) is 4.52 Å². The molecule has 1 aromatic carbocycles. The number of anilines is 1. The Kier molecular flexibility index (Phi) is 7.33. The molecule has 0 radical (unpaired) electrons. The zero-order chi connectivity index (χ0) is 20.8. The summed E-state index contributed by atoms with van der Waals surface area (Å²) in [6, 6.07) is 10.1. The highest BCUT2D eigenvalue weighted by molar-refractivity contribution is 8.01. The summed E-state index contributed by atoms with van der Waals surface area (Å²) in [6.07, 6.45) is 0. The minimum atomic E-state index is -0.344. The number of aryl methyl sites for hydroxylation is 2. The minimum Gasteiger partial charge on any atom is -0.360 e. The second-order valence-corrected chi connectivity index (χ2v) is 8.83. The van der Waals surface area contributed by atoms with Gasteiger partial charge in [0.1, 0.15) is 12.3 Å². The summed E-state index contributed by atoms with van der Waals surface area (Å²) < 4.78 is 4.94. The van der Waals surface area contributed by atoms with Gasteiger partial charge in [0.2, 0.25) is 11.8 Å². The smallest absolute Gasteiger partial charge is 0.238 e. The van der Waals surface area contributed by atoms with Gasteiger partial charge in [-0.1, -0.05) is 29.4 Å². The maximum atomic E-state index is 12.5. The molecule has 2 amide bonds. The number of amides is 2. The van der Waals surface area contributed by atoms with Gasteiger partial charge in [0.25, 0.3) is 0 Å². The van der Waals surface area contributed by atoms with Crippen molar-refractivity contribution < 1.29 is 19.0 Å². The standard InChI is InChI=1S/C21H28N4O3S/c1-15-6-4-5-7-18(15)13-24-8-10-25(11-9-24)20(26)14-29-17(3)21(27)22-19-12-16(2)28-23-19/h4-7,12,17H,8-11,13-14H2,1-3H3,(H,22,23,27)/p+1/t17-/m1/s1. The Bertz CT molecular complexity index is 846. The molecule has 1 aromatic heterocycles. The largest absolute Gasteiger partial charge is 0.360 e. The van der Waals surface area contributed by atoms with Gasteiger partial charge >= 0.3 is 0 Å². The van der Waals surface area contributed by atoms with Crippen LogP contribution in [0.3, 0.4) is 0 Å². The quantitative estimate of drug-likeness (QED) is 0.710. The number of carbonyl (C=O) groups excluding carboxylic acids is 2. The Morgan fingerprint density at radius 3 is 2.66 bits per heavy atom. The molecule has 0 unspecified atom stereocenters. The van der Waals surface area contributed by atoms with Crippen LogP contribution in [0.25, 0.3) is 0 Å². The molecule has 1 fully saturated rings. The van der Waals surface area contributed by atoms with Gasteiger partial charge in [0.15, 0.2) is 5.82 Å². The molecular formula is C21H29N4O3S+. The average molecular weight is 418 g/mol. The van der Waals surface area contributed by atoms with Gasteiger partial charge in [-0.3, -0.25) is 9.59 Å². The lowest BCUT2D eigenvalue weighted by atomic mass is 10.1. The molecule has 1 saturated heterocycles. The Hall–Kier alpha value is -2.32. The van der Waals surface area contributed by atoms with Crippen LogP contribution < -0.4 is 10.2 Å². The molecule has 0 saturated carbocycles. The summed E-state index contributed by atoms with van der Waals surface area (Å²) >= 11 is 1.35. The average Bonchev–Trinajstić information content (AvgIpc) is 3.12. The van der Waals surface area contributed by atoms with Crippen molar-refractivity contribution in [3.05, 3.63) is 47.2 Å². The van der Waals surface area contributed by atoms with Gasteiger partial charge in [-0.05, 0) is 26.3 Å². The lowest BCUT2D eigenvalue weighted by Crippen LogP contribution is -3.13. The molecule has 2 aromatic rings. The SMILES string of the molecule is Cc1cc(NC(=O)[C@@H](C)SCC(=O)N2CC[NH+](Cc3ccccc3C)CC2)no1. The van der Waals surface area contributed by atoms with Crippen LogP contribution in [-0.4, -0.2) is 59.1 Å². The predicted octanol–water partition coefficient (Wildman–Crippen LogP) is 1.28. The number of hydrogen-bond acceptors (Lipinski definition) is 5. The van der Waals surface area contributed by atoms with Crippen LogP contribution in [0, 0.1) is 13.8 Å². The fourth-order valence-corrected chi connectivity index (χ4v) is 4.13. The fraction of sp³-hybridized carbons (Fsp3) is 0.476. The van der Waals surface area contributed by atoms with Gasteiger partial charge in [0, 0.05) is 11.6 Å². The van der Waals surface area contributed by atoms with Crippen LogP contribution in [0.4, 0.5) is 5.82 Å². The lowest BCUT2D eigenvalue weighted by Gasteiger charge is -2.32. The lowest BCUT2D eigenvalue weighted by molar-refractivity contribution is -0.917. The van der Waals surface area contributed by atoms with Crippen LogP contribution in [0.5, 0.6) is 0 Å². The molecule has 2 N–H and O–H groups in total. The summed E-state index contributed by atoms with van der Waals surface area (Å²) in [6.45, 7) is 10.1. The van der Waals surface area contributed by atoms with Crippen LogP contribution in [0.1, 0.15) is 23.8 Å². The zero-order valence-corrected chi connectivity index (χ0v) is 18.1. The van der Waals surface area contributed by atoms with E-state index in [9.17, 15) is 9.59 Å². The molecule has 1 atom stereocenters. The molecule has 3 rings (SSSR count). The molecular weight excluding hydrogens is 388 g/mol. The highest BCUT2D eigenvalue weighted by Crippen LogP contribution is 2.15. The summed E-state index contributed by atoms with van der Waals surface area (Å²) in [5.74, 6) is 1.27. The molecule has 0 spiro atoms. The maximum Gasteiger partial charge on any atom is 0.238 e. The molecule has 29 heavy (non-hydrogen) atoms. The minimum absolute atomic E-state index is 0.0990. The summed E-state index contributed by atoms with van der Waals surface area (Å²) in [5.41, 5.74) is 2.70. The van der Waals surface area contributed by atoms with Crippen molar-refractivity contribution >= 4 is 29.4 Å².